The van der Waals surface area contributed by atoms with Crippen LogP contribution in [-0.2, 0) is 11.8 Å². The van der Waals surface area contributed by atoms with Gasteiger partial charge >= 0.3 is 0 Å². The largest absolute Gasteiger partial charge is 0.322 e. The molecule has 0 radical (unpaired) electrons. The third-order valence-electron chi connectivity index (χ3n) is 5.73. The highest BCUT2D eigenvalue weighted by Crippen LogP contribution is 2.20. The van der Waals surface area contributed by atoms with E-state index in [2.05, 4.69) is 10.6 Å². The molecule has 10 heteroatoms. The first-order valence-corrected chi connectivity index (χ1v) is 11.2. The van der Waals surface area contributed by atoms with E-state index in [-0.39, 0.29) is 28.1 Å². The molecule has 37 heavy (non-hydrogen) atoms. The molecule has 0 spiro atoms. The van der Waals surface area contributed by atoms with Gasteiger partial charge in [-0.1, -0.05) is 36.4 Å². The number of nitro groups is 1. The molecule has 0 aliphatic carbocycles. The first-order chi connectivity index (χ1) is 17.8. The summed E-state index contributed by atoms with van der Waals surface area (Å²) in [5.74, 6) is -1.04. The Balaban J connectivity index is 1.50. The number of benzene rings is 3. The van der Waals surface area contributed by atoms with Gasteiger partial charge in [-0.05, 0) is 49.4 Å². The third-order valence-corrected chi connectivity index (χ3v) is 5.73. The van der Waals surface area contributed by atoms with Gasteiger partial charge in [-0.15, -0.1) is 0 Å². The summed E-state index contributed by atoms with van der Waals surface area (Å²) in [4.78, 5) is 49.0. The molecule has 0 saturated carbocycles. The number of rotatable bonds is 7. The van der Waals surface area contributed by atoms with E-state index in [0.29, 0.717) is 17.1 Å². The van der Waals surface area contributed by atoms with E-state index in [1.807, 2.05) is 18.2 Å². The highest BCUT2D eigenvalue weighted by atomic mass is 16.6. The average molecular weight is 498 g/mol. The Hall–Kier alpha value is -5.25. The second kappa shape index (κ2) is 10.6. The molecule has 0 saturated heterocycles. The first kappa shape index (κ1) is 24.9. The Labute approximate surface area is 211 Å². The predicted molar refractivity (Wildman–Crippen MR) is 141 cm³/mol. The van der Waals surface area contributed by atoms with Crippen LogP contribution in [0.1, 0.15) is 21.6 Å². The van der Waals surface area contributed by atoms with E-state index < -0.39 is 16.7 Å². The van der Waals surface area contributed by atoms with E-state index in [9.17, 15) is 24.5 Å². The van der Waals surface area contributed by atoms with Gasteiger partial charge in [0.05, 0.1) is 21.9 Å². The number of aromatic nitrogens is 2. The van der Waals surface area contributed by atoms with Gasteiger partial charge in [0.2, 0.25) is 5.91 Å². The van der Waals surface area contributed by atoms with Crippen molar-refractivity contribution in [2.75, 3.05) is 10.6 Å². The summed E-state index contributed by atoms with van der Waals surface area (Å²) >= 11 is 0. The zero-order valence-corrected chi connectivity index (χ0v) is 20.0. The van der Waals surface area contributed by atoms with Crippen LogP contribution in [0.5, 0.6) is 0 Å². The number of anilines is 2. The van der Waals surface area contributed by atoms with Crippen LogP contribution in [0.4, 0.5) is 17.1 Å². The van der Waals surface area contributed by atoms with Gasteiger partial charge in [0, 0.05) is 30.4 Å². The molecule has 4 aromatic rings. The number of carbonyl (C=O) groups excluding carboxylic acids is 2. The third kappa shape index (κ3) is 5.38. The highest BCUT2D eigenvalue weighted by Gasteiger charge is 2.19. The lowest BCUT2D eigenvalue weighted by Crippen LogP contribution is -2.23. The molecule has 1 aromatic heterocycles. The standard InChI is InChI=1S/C27H23N5O5/c1-18-25(27(35)31(30(18)2)22-12-4-3-5-13-22)29-26(34)20-10-8-11-21(17-20)28-24(33)16-15-19-9-6-7-14-23(19)32(36)37/h3-17H,1-2H3,(H,28,33)(H,29,34)/b16-15+. The van der Waals surface area contributed by atoms with E-state index >= 15 is 0 Å². The molecule has 0 bridgehead atoms. The second-order valence-corrected chi connectivity index (χ2v) is 8.11. The molecule has 0 aliphatic heterocycles. The number of amides is 2. The Morgan fingerprint density at radius 3 is 2.38 bits per heavy atom. The summed E-state index contributed by atoms with van der Waals surface area (Å²) in [6.07, 6.45) is 2.52. The van der Waals surface area contributed by atoms with Crippen molar-refractivity contribution in [1.29, 1.82) is 0 Å². The molecule has 10 nitrogen and oxygen atoms in total. The molecule has 3 aromatic carbocycles. The summed E-state index contributed by atoms with van der Waals surface area (Å²) in [5, 5.41) is 16.5. The fraction of sp³-hybridized carbons (Fsp3) is 0.0741. The summed E-state index contributed by atoms with van der Waals surface area (Å²) in [5.41, 5.74) is 1.76. The summed E-state index contributed by atoms with van der Waals surface area (Å²) in [6.45, 7) is 1.73. The van der Waals surface area contributed by atoms with Crippen molar-refractivity contribution < 1.29 is 14.5 Å². The van der Waals surface area contributed by atoms with Gasteiger partial charge in [0.15, 0.2) is 0 Å². The van der Waals surface area contributed by atoms with Gasteiger partial charge in [0.1, 0.15) is 5.69 Å². The molecular weight excluding hydrogens is 474 g/mol. The van der Waals surface area contributed by atoms with E-state index in [1.165, 1.54) is 35.0 Å². The Bertz CT molecular complexity index is 1580. The number of nitrogens with one attached hydrogen (secondary N) is 2. The molecular formula is C27H23N5O5. The highest BCUT2D eigenvalue weighted by molar-refractivity contribution is 6.06. The number of hydrogen-bond acceptors (Lipinski definition) is 5. The lowest BCUT2D eigenvalue weighted by Gasteiger charge is -2.07. The predicted octanol–water partition coefficient (Wildman–Crippen LogP) is 4.30. The van der Waals surface area contributed by atoms with Crippen molar-refractivity contribution in [2.24, 2.45) is 7.05 Å². The first-order valence-electron chi connectivity index (χ1n) is 11.2. The van der Waals surface area contributed by atoms with Crippen LogP contribution in [0.3, 0.4) is 0 Å². The van der Waals surface area contributed by atoms with Crippen LogP contribution >= 0.6 is 0 Å². The fourth-order valence-corrected chi connectivity index (χ4v) is 3.78. The quantitative estimate of drug-likeness (QED) is 0.224. The van der Waals surface area contributed by atoms with Crippen LogP contribution in [0.25, 0.3) is 11.8 Å². The molecule has 0 unspecified atom stereocenters. The Morgan fingerprint density at radius 2 is 1.65 bits per heavy atom. The van der Waals surface area contributed by atoms with E-state index in [0.717, 1.165) is 0 Å². The van der Waals surface area contributed by atoms with Crippen LogP contribution in [0.2, 0.25) is 0 Å². The lowest BCUT2D eigenvalue weighted by molar-refractivity contribution is -0.385. The molecule has 1 heterocycles. The minimum absolute atomic E-state index is 0.118. The fourth-order valence-electron chi connectivity index (χ4n) is 3.78. The van der Waals surface area contributed by atoms with Gasteiger partial charge in [-0.2, -0.15) is 0 Å². The monoisotopic (exact) mass is 497 g/mol. The van der Waals surface area contributed by atoms with Crippen LogP contribution in [0.15, 0.2) is 89.7 Å². The van der Waals surface area contributed by atoms with Gasteiger partial charge < -0.3 is 10.6 Å². The summed E-state index contributed by atoms with van der Waals surface area (Å²) in [7, 11) is 1.73. The normalized spacial score (nSPS) is 10.9. The number of nitro benzene ring substituents is 1. The molecule has 4 rings (SSSR count). The number of nitrogens with zero attached hydrogens (tertiary/aromatic N) is 3. The maximum atomic E-state index is 13.1. The minimum Gasteiger partial charge on any atom is -0.322 e. The Morgan fingerprint density at radius 1 is 0.946 bits per heavy atom. The van der Waals surface area contributed by atoms with Gasteiger partial charge in [-0.25, -0.2) is 4.68 Å². The molecule has 0 atom stereocenters. The number of hydrogen-bond donors (Lipinski definition) is 2. The minimum atomic E-state index is -0.527. The SMILES string of the molecule is Cc1c(NC(=O)c2cccc(NC(=O)/C=C/c3ccccc3[N+](=O)[O-])c2)c(=O)n(-c2ccccc2)n1C. The topological polar surface area (TPSA) is 128 Å². The lowest BCUT2D eigenvalue weighted by atomic mass is 10.1. The molecule has 2 N–H and O–H groups in total. The molecule has 0 fully saturated rings. The van der Waals surface area contributed by atoms with Crippen molar-refractivity contribution >= 4 is 35.0 Å². The maximum Gasteiger partial charge on any atom is 0.295 e. The summed E-state index contributed by atoms with van der Waals surface area (Å²) in [6, 6.07) is 21.4. The molecule has 186 valence electrons. The van der Waals surface area contributed by atoms with Gasteiger partial charge in [0.25, 0.3) is 17.2 Å². The zero-order valence-electron chi connectivity index (χ0n) is 20.0. The van der Waals surface area contributed by atoms with Crippen molar-refractivity contribution in [1.82, 2.24) is 9.36 Å². The van der Waals surface area contributed by atoms with E-state index in [1.54, 1.807) is 61.1 Å². The smallest absolute Gasteiger partial charge is 0.295 e. The van der Waals surface area contributed by atoms with Crippen molar-refractivity contribution in [3.63, 3.8) is 0 Å². The second-order valence-electron chi connectivity index (χ2n) is 8.11. The van der Waals surface area contributed by atoms with Crippen LogP contribution in [-0.4, -0.2) is 26.1 Å². The van der Waals surface area contributed by atoms with Crippen LogP contribution in [0, 0.1) is 17.0 Å². The number of carbonyl (C=O) groups is 2. The summed E-state index contributed by atoms with van der Waals surface area (Å²) < 4.78 is 3.12. The van der Waals surface area contributed by atoms with Crippen LogP contribution < -0.4 is 16.2 Å². The molecule has 2 amide bonds. The molecule has 0 aliphatic rings. The van der Waals surface area contributed by atoms with Crippen molar-refractivity contribution in [3.8, 4) is 5.69 Å². The average Bonchev–Trinajstić information content (AvgIpc) is 3.11. The van der Waals surface area contributed by atoms with Gasteiger partial charge in [-0.3, -0.25) is 29.2 Å². The zero-order chi connectivity index (χ0) is 26.5. The van der Waals surface area contributed by atoms with Crippen molar-refractivity contribution in [2.45, 2.75) is 6.92 Å². The number of para-hydroxylation sites is 2. The van der Waals surface area contributed by atoms with E-state index in [4.69, 9.17) is 0 Å². The Kier molecular flexibility index (Phi) is 7.10. The van der Waals surface area contributed by atoms with Crippen molar-refractivity contribution in [3.05, 3.63) is 122 Å². The maximum absolute atomic E-state index is 13.1.